The van der Waals surface area contributed by atoms with Gasteiger partial charge in [0.05, 0.1) is 11.0 Å². The van der Waals surface area contributed by atoms with Gasteiger partial charge in [0.2, 0.25) is 0 Å². The van der Waals surface area contributed by atoms with Crippen molar-refractivity contribution < 1.29 is 4.79 Å². The first-order valence-electron chi connectivity index (χ1n) is 11.7. The Labute approximate surface area is 208 Å². The summed E-state index contributed by atoms with van der Waals surface area (Å²) in [5.74, 6) is 0.00978. The molecule has 0 saturated heterocycles. The Morgan fingerprint density at radius 3 is 2.29 bits per heavy atom. The van der Waals surface area contributed by atoms with Gasteiger partial charge >= 0.3 is 0 Å². The van der Waals surface area contributed by atoms with E-state index in [-0.39, 0.29) is 5.91 Å². The zero-order valence-electron chi connectivity index (χ0n) is 19.5. The van der Waals surface area contributed by atoms with Crippen molar-refractivity contribution in [3.8, 4) is 5.69 Å². The minimum Gasteiger partial charge on any atom is -0.384 e. The molecule has 1 amide bonds. The maximum Gasteiger partial charge on any atom is 0.257 e. The summed E-state index contributed by atoms with van der Waals surface area (Å²) < 4.78 is 1.82. The second-order valence-corrected chi connectivity index (χ2v) is 9.00. The molecule has 2 heterocycles. The second kappa shape index (κ2) is 9.76. The maximum atomic E-state index is 13.4. The molecule has 0 aliphatic heterocycles. The number of carbonyl (C=O) groups is 1. The summed E-state index contributed by atoms with van der Waals surface area (Å²) in [6, 6.07) is 23.2. The number of nitrogens with two attached hydrogens (primary N) is 1. The van der Waals surface area contributed by atoms with Crippen molar-refractivity contribution in [1.82, 2.24) is 19.9 Å². The second-order valence-electron chi connectivity index (χ2n) is 8.56. The third kappa shape index (κ3) is 4.57. The van der Waals surface area contributed by atoms with Crippen LogP contribution in [0.4, 0.5) is 5.82 Å². The molecule has 0 saturated carbocycles. The molecule has 0 fully saturated rings. The molecule has 3 aromatic carbocycles. The number of amides is 1. The highest BCUT2D eigenvalue weighted by molar-refractivity contribution is 6.30. The number of para-hydroxylation sites is 2. The molecular formula is C28H26ClN5O. The van der Waals surface area contributed by atoms with Crippen molar-refractivity contribution in [3.63, 3.8) is 0 Å². The standard InChI is InChI=1S/C28H26ClN5O/c1-2-3-6-18-11-15-21(16-12-18)34-26(30)24(28(35)31-17-19-9-13-20(29)14-10-19)25-27(34)33-23-8-5-4-7-22(23)32-25/h4-5,7-16H,2-3,6,17,30H2,1H3,(H,31,35). The Kier molecular flexibility index (Phi) is 6.38. The van der Waals surface area contributed by atoms with Gasteiger partial charge in [-0.1, -0.05) is 61.3 Å². The summed E-state index contributed by atoms with van der Waals surface area (Å²) >= 11 is 5.98. The number of nitrogens with one attached hydrogen (secondary N) is 1. The molecule has 176 valence electrons. The van der Waals surface area contributed by atoms with Gasteiger partial charge in [0.15, 0.2) is 5.65 Å². The third-order valence-electron chi connectivity index (χ3n) is 6.10. The smallest absolute Gasteiger partial charge is 0.257 e. The Balaban J connectivity index is 1.59. The number of halogens is 1. The number of nitrogen functional groups attached to an aromatic ring is 1. The maximum absolute atomic E-state index is 13.4. The molecule has 0 radical (unpaired) electrons. The predicted octanol–water partition coefficient (Wildman–Crippen LogP) is 6.08. The number of nitrogens with zero attached hydrogens (tertiary/aromatic N) is 3. The van der Waals surface area contributed by atoms with Gasteiger partial charge in [-0.3, -0.25) is 9.36 Å². The number of anilines is 1. The molecule has 7 heteroatoms. The van der Waals surface area contributed by atoms with Crippen LogP contribution < -0.4 is 11.1 Å². The summed E-state index contributed by atoms with van der Waals surface area (Å²) in [6.07, 6.45) is 3.32. The zero-order chi connectivity index (χ0) is 24.4. The lowest BCUT2D eigenvalue weighted by Gasteiger charge is -2.09. The van der Waals surface area contributed by atoms with Crippen molar-refractivity contribution in [3.05, 3.63) is 94.5 Å². The highest BCUT2D eigenvalue weighted by atomic mass is 35.5. The molecule has 3 N–H and O–H groups in total. The molecule has 0 unspecified atom stereocenters. The van der Waals surface area contributed by atoms with Gasteiger partial charge in [-0.25, -0.2) is 9.97 Å². The van der Waals surface area contributed by atoms with Gasteiger partial charge in [-0.2, -0.15) is 0 Å². The van der Waals surface area contributed by atoms with E-state index in [9.17, 15) is 4.79 Å². The molecule has 0 aliphatic rings. The normalized spacial score (nSPS) is 11.3. The van der Waals surface area contributed by atoms with Crippen LogP contribution in [0.2, 0.25) is 5.02 Å². The SMILES string of the molecule is CCCCc1ccc(-n2c(N)c(C(=O)NCc3ccc(Cl)cc3)c3nc4ccccc4nc32)cc1. The fourth-order valence-corrected chi connectivity index (χ4v) is 4.34. The molecule has 6 nitrogen and oxygen atoms in total. The number of aryl methyl sites for hydroxylation is 1. The number of fused-ring (bicyclic) bond motifs is 2. The van der Waals surface area contributed by atoms with Crippen molar-refractivity contribution in [1.29, 1.82) is 0 Å². The highest BCUT2D eigenvalue weighted by Gasteiger charge is 2.24. The van der Waals surface area contributed by atoms with E-state index in [0.29, 0.717) is 39.6 Å². The van der Waals surface area contributed by atoms with Crippen molar-refractivity contribution in [2.24, 2.45) is 0 Å². The van der Waals surface area contributed by atoms with E-state index in [2.05, 4.69) is 24.4 Å². The number of hydrogen-bond acceptors (Lipinski definition) is 4. The lowest BCUT2D eigenvalue weighted by atomic mass is 10.1. The summed E-state index contributed by atoms with van der Waals surface area (Å²) in [4.78, 5) is 23.0. The lowest BCUT2D eigenvalue weighted by molar-refractivity contribution is 0.0953. The van der Waals surface area contributed by atoms with E-state index >= 15 is 0 Å². The van der Waals surface area contributed by atoms with Crippen LogP contribution in [0, 0.1) is 0 Å². The Morgan fingerprint density at radius 1 is 0.943 bits per heavy atom. The number of unbranched alkanes of at least 4 members (excludes halogenated alkanes) is 1. The first kappa shape index (κ1) is 22.9. The van der Waals surface area contributed by atoms with E-state index in [1.807, 2.05) is 53.1 Å². The molecule has 5 aromatic rings. The highest BCUT2D eigenvalue weighted by Crippen LogP contribution is 2.31. The Hall–Kier alpha value is -3.90. The van der Waals surface area contributed by atoms with Gasteiger partial charge in [-0.15, -0.1) is 0 Å². The number of carbonyl (C=O) groups excluding carboxylic acids is 1. The molecule has 2 aromatic heterocycles. The third-order valence-corrected chi connectivity index (χ3v) is 6.36. The van der Waals surface area contributed by atoms with Crippen LogP contribution in [0.3, 0.4) is 0 Å². The molecular weight excluding hydrogens is 458 g/mol. The summed E-state index contributed by atoms with van der Waals surface area (Å²) in [5, 5.41) is 3.62. The monoisotopic (exact) mass is 483 g/mol. The minimum absolute atomic E-state index is 0.301. The predicted molar refractivity (Wildman–Crippen MR) is 142 cm³/mol. The molecule has 5 rings (SSSR count). The average molecular weight is 484 g/mol. The van der Waals surface area contributed by atoms with Crippen LogP contribution >= 0.6 is 11.6 Å². The van der Waals surface area contributed by atoms with E-state index < -0.39 is 0 Å². The number of aromatic nitrogens is 3. The average Bonchev–Trinajstić information content (AvgIpc) is 3.16. The van der Waals surface area contributed by atoms with Crippen LogP contribution in [-0.2, 0) is 13.0 Å². The Bertz CT molecular complexity index is 1510. The summed E-state index contributed by atoms with van der Waals surface area (Å²) in [5.41, 5.74) is 12.5. The number of rotatable bonds is 7. The molecule has 0 aliphatic carbocycles. The molecule has 35 heavy (non-hydrogen) atoms. The van der Waals surface area contributed by atoms with Gasteiger partial charge < -0.3 is 11.1 Å². The molecule has 0 bridgehead atoms. The number of benzene rings is 3. The summed E-state index contributed by atoms with van der Waals surface area (Å²) in [6.45, 7) is 2.53. The van der Waals surface area contributed by atoms with Crippen LogP contribution in [0.1, 0.15) is 41.3 Å². The van der Waals surface area contributed by atoms with Gasteiger partial charge in [0.25, 0.3) is 5.91 Å². The van der Waals surface area contributed by atoms with E-state index in [0.717, 1.165) is 36.0 Å². The van der Waals surface area contributed by atoms with Gasteiger partial charge in [0.1, 0.15) is 16.9 Å². The van der Waals surface area contributed by atoms with Crippen LogP contribution in [0.5, 0.6) is 0 Å². The van der Waals surface area contributed by atoms with Crippen LogP contribution in [0.15, 0.2) is 72.8 Å². The first-order chi connectivity index (χ1) is 17.0. The van der Waals surface area contributed by atoms with Crippen LogP contribution in [0.25, 0.3) is 27.9 Å². The van der Waals surface area contributed by atoms with Gasteiger partial charge in [-0.05, 0) is 60.4 Å². The summed E-state index contributed by atoms with van der Waals surface area (Å²) in [7, 11) is 0. The largest absolute Gasteiger partial charge is 0.384 e. The zero-order valence-corrected chi connectivity index (χ0v) is 20.2. The first-order valence-corrected chi connectivity index (χ1v) is 12.1. The van der Waals surface area contributed by atoms with E-state index in [1.165, 1.54) is 5.56 Å². The van der Waals surface area contributed by atoms with Gasteiger partial charge in [0, 0.05) is 17.3 Å². The fourth-order valence-electron chi connectivity index (χ4n) is 4.21. The molecule has 0 spiro atoms. The fraction of sp³-hybridized carbons (Fsp3) is 0.179. The number of hydrogen-bond donors (Lipinski definition) is 2. The molecule has 0 atom stereocenters. The van der Waals surface area contributed by atoms with E-state index in [1.54, 1.807) is 12.1 Å². The topological polar surface area (TPSA) is 85.8 Å². The van der Waals surface area contributed by atoms with Crippen LogP contribution in [-0.4, -0.2) is 20.4 Å². The van der Waals surface area contributed by atoms with Crippen molar-refractivity contribution >= 4 is 45.5 Å². The quantitative estimate of drug-likeness (QED) is 0.293. The minimum atomic E-state index is -0.301. The Morgan fingerprint density at radius 2 is 1.60 bits per heavy atom. The van der Waals surface area contributed by atoms with Crippen molar-refractivity contribution in [2.75, 3.05) is 5.73 Å². The van der Waals surface area contributed by atoms with Crippen molar-refractivity contribution in [2.45, 2.75) is 32.7 Å². The van der Waals surface area contributed by atoms with E-state index in [4.69, 9.17) is 27.3 Å². The lowest BCUT2D eigenvalue weighted by Crippen LogP contribution is -2.24.